The van der Waals surface area contributed by atoms with Crippen LogP contribution >= 0.6 is 11.3 Å². The first-order valence-corrected chi connectivity index (χ1v) is 11.4. The summed E-state index contributed by atoms with van der Waals surface area (Å²) in [6.07, 6.45) is -0.501. The highest BCUT2D eigenvalue weighted by Gasteiger charge is 2.27. The Balaban J connectivity index is 1.53. The van der Waals surface area contributed by atoms with Crippen LogP contribution in [0.4, 0.5) is 13.2 Å². The van der Waals surface area contributed by atoms with Crippen LogP contribution in [0.1, 0.15) is 34.6 Å². The zero-order valence-corrected chi connectivity index (χ0v) is 18.7. The molecule has 0 radical (unpaired) electrons. The van der Waals surface area contributed by atoms with E-state index >= 15 is 0 Å². The van der Waals surface area contributed by atoms with Crippen molar-refractivity contribution in [3.05, 3.63) is 56.2 Å². The molecular formula is C21H18F3N7O3S. The average molecular weight is 505 g/mol. The molecule has 4 aromatic heterocycles. The highest BCUT2D eigenvalue weighted by Crippen LogP contribution is 2.27. The van der Waals surface area contributed by atoms with Crippen LogP contribution in [0.2, 0.25) is 0 Å². The Bertz CT molecular complexity index is 1590. The molecule has 1 aliphatic rings. The highest BCUT2D eigenvalue weighted by molar-refractivity contribution is 7.17. The maximum absolute atomic E-state index is 12.4. The van der Waals surface area contributed by atoms with Crippen molar-refractivity contribution in [2.45, 2.75) is 31.5 Å². The Labute approximate surface area is 197 Å². The van der Waals surface area contributed by atoms with Gasteiger partial charge in [0.25, 0.3) is 5.91 Å². The van der Waals surface area contributed by atoms with Crippen molar-refractivity contribution in [2.24, 2.45) is 4.99 Å². The minimum absolute atomic E-state index is 0.159. The summed E-state index contributed by atoms with van der Waals surface area (Å²) in [5.74, 6) is -0.924. The Morgan fingerprint density at radius 1 is 1.34 bits per heavy atom. The Morgan fingerprint density at radius 3 is 2.83 bits per heavy atom. The van der Waals surface area contributed by atoms with Gasteiger partial charge in [-0.15, -0.1) is 11.3 Å². The molecular weight excluding hydrogens is 487 g/mol. The predicted molar refractivity (Wildman–Crippen MR) is 120 cm³/mol. The average Bonchev–Trinajstić information content (AvgIpc) is 3.17. The summed E-state index contributed by atoms with van der Waals surface area (Å²) in [6.45, 7) is -0.507. The molecule has 0 atom stereocenters. The van der Waals surface area contributed by atoms with Gasteiger partial charge in [-0.3, -0.25) is 14.8 Å². The van der Waals surface area contributed by atoms with Gasteiger partial charge in [0.05, 0.1) is 34.1 Å². The molecule has 0 spiro atoms. The van der Waals surface area contributed by atoms with Crippen molar-refractivity contribution >= 4 is 29.0 Å². The van der Waals surface area contributed by atoms with E-state index in [1.165, 1.54) is 18.3 Å². The second-order valence-corrected chi connectivity index (χ2v) is 9.05. The van der Waals surface area contributed by atoms with Gasteiger partial charge >= 0.3 is 11.9 Å². The predicted octanol–water partition coefficient (Wildman–Crippen LogP) is 1.47. The molecule has 4 N–H and O–H groups in total. The zero-order chi connectivity index (χ0) is 24.7. The molecule has 0 saturated heterocycles. The maximum Gasteiger partial charge on any atom is 0.390 e. The van der Waals surface area contributed by atoms with E-state index in [0.29, 0.717) is 26.9 Å². The lowest BCUT2D eigenvalue weighted by molar-refractivity contribution is -0.132. The van der Waals surface area contributed by atoms with Crippen LogP contribution in [-0.2, 0) is 0 Å². The van der Waals surface area contributed by atoms with Crippen molar-refractivity contribution < 1.29 is 23.1 Å². The number of hydrogen-bond acceptors (Lipinski definition) is 7. The van der Waals surface area contributed by atoms with Gasteiger partial charge in [-0.2, -0.15) is 22.8 Å². The summed E-state index contributed by atoms with van der Waals surface area (Å²) in [6, 6.07) is 5.10. The Kier molecular flexibility index (Phi) is 5.67. The number of alkyl halides is 3. The third-order valence-electron chi connectivity index (χ3n) is 5.15. The first kappa shape index (κ1) is 22.8. The molecule has 35 heavy (non-hydrogen) atoms. The maximum atomic E-state index is 12.4. The van der Waals surface area contributed by atoms with E-state index in [0.717, 1.165) is 24.2 Å². The number of imidazole rings is 1. The molecule has 5 rings (SSSR count). The second-order valence-electron chi connectivity index (χ2n) is 7.97. The quantitative estimate of drug-likeness (QED) is 0.314. The standard InChI is InChI=1S/C21H18F3N7O3S/c22-21(23,24)5-6-25-19(33)15-4-3-14(35-15)12-8-16(27-11-1-2-11)31-17(28-12)10(9-26-31)7-13-18(32)30-20(34)29-13/h3-4,7-9,11,32H,1-2,5-6H2,(H,25,33)(H2,29,30,34)/b10-7-,27-16?. The lowest BCUT2D eigenvalue weighted by atomic mass is 10.3. The summed E-state index contributed by atoms with van der Waals surface area (Å²) in [5.41, 5.74) is 1.05. The molecule has 1 amide bonds. The summed E-state index contributed by atoms with van der Waals surface area (Å²) in [4.78, 5) is 38.7. The van der Waals surface area contributed by atoms with Crippen molar-refractivity contribution in [3.8, 4) is 16.5 Å². The van der Waals surface area contributed by atoms with E-state index in [1.54, 1.807) is 16.6 Å². The Hall–Kier alpha value is -3.94. The van der Waals surface area contributed by atoms with Crippen molar-refractivity contribution in [2.75, 3.05) is 6.54 Å². The van der Waals surface area contributed by atoms with E-state index in [1.807, 2.05) is 0 Å². The van der Waals surface area contributed by atoms with Gasteiger partial charge < -0.3 is 15.4 Å². The smallest absolute Gasteiger partial charge is 0.390 e. The molecule has 1 saturated carbocycles. The summed E-state index contributed by atoms with van der Waals surface area (Å²) >= 11 is 1.09. The third kappa shape index (κ3) is 5.11. The summed E-state index contributed by atoms with van der Waals surface area (Å²) in [5, 5.41) is 17.0. The molecule has 4 aromatic rings. The fraction of sp³-hybridized carbons (Fsp3) is 0.286. The number of carbonyl (C=O) groups is 1. The topological polar surface area (TPSA) is 141 Å². The van der Waals surface area contributed by atoms with Gasteiger partial charge in [-0.25, -0.2) is 9.78 Å². The highest BCUT2D eigenvalue weighted by atomic mass is 32.1. The van der Waals surface area contributed by atoms with E-state index < -0.39 is 30.7 Å². The number of H-pyrrole nitrogens is 2. The van der Waals surface area contributed by atoms with E-state index in [-0.39, 0.29) is 22.5 Å². The van der Waals surface area contributed by atoms with Crippen LogP contribution in [0.3, 0.4) is 0 Å². The monoisotopic (exact) mass is 505 g/mol. The van der Waals surface area contributed by atoms with Gasteiger partial charge in [0.2, 0.25) is 5.88 Å². The lowest BCUT2D eigenvalue weighted by Crippen LogP contribution is -2.27. The van der Waals surface area contributed by atoms with Crippen molar-refractivity contribution in [1.29, 1.82) is 0 Å². The van der Waals surface area contributed by atoms with Crippen LogP contribution in [0.25, 0.3) is 22.3 Å². The number of aromatic hydroxyl groups is 1. The molecule has 1 aliphatic carbocycles. The minimum Gasteiger partial charge on any atom is -0.493 e. The van der Waals surface area contributed by atoms with Crippen LogP contribution in [0.5, 0.6) is 5.88 Å². The number of carbonyl (C=O) groups excluding carboxylic acids is 1. The van der Waals surface area contributed by atoms with Gasteiger partial charge in [-0.05, 0) is 31.1 Å². The van der Waals surface area contributed by atoms with Crippen LogP contribution < -0.4 is 21.7 Å². The van der Waals surface area contributed by atoms with Gasteiger partial charge in [0.15, 0.2) is 11.1 Å². The van der Waals surface area contributed by atoms with E-state index in [9.17, 15) is 27.9 Å². The molecule has 0 bridgehead atoms. The molecule has 4 heterocycles. The first-order chi connectivity index (χ1) is 16.7. The molecule has 0 aliphatic heterocycles. The molecule has 182 valence electrons. The van der Waals surface area contributed by atoms with Crippen molar-refractivity contribution in [3.63, 3.8) is 0 Å². The molecule has 0 aromatic carbocycles. The molecule has 10 nitrogen and oxygen atoms in total. The Morgan fingerprint density at radius 2 is 2.14 bits per heavy atom. The number of nitrogens with zero attached hydrogens (tertiary/aromatic N) is 4. The number of aromatic nitrogens is 5. The number of aromatic amines is 2. The largest absolute Gasteiger partial charge is 0.493 e. The summed E-state index contributed by atoms with van der Waals surface area (Å²) < 4.78 is 38.6. The molecule has 14 heteroatoms. The van der Waals surface area contributed by atoms with Gasteiger partial charge in [0.1, 0.15) is 5.69 Å². The van der Waals surface area contributed by atoms with E-state index in [2.05, 4.69) is 30.4 Å². The fourth-order valence-corrected chi connectivity index (χ4v) is 4.21. The fourth-order valence-electron chi connectivity index (χ4n) is 3.32. The lowest BCUT2D eigenvalue weighted by Gasteiger charge is -2.06. The number of halogens is 3. The number of amides is 1. The van der Waals surface area contributed by atoms with E-state index in [4.69, 9.17) is 0 Å². The van der Waals surface area contributed by atoms with Crippen molar-refractivity contribution in [1.82, 2.24) is 29.9 Å². The number of thiophene rings is 1. The zero-order valence-electron chi connectivity index (χ0n) is 17.9. The van der Waals surface area contributed by atoms with Gasteiger partial charge in [-0.1, -0.05) is 0 Å². The SMILES string of the molecule is O=C(NCCC(F)(F)F)c1ccc(-c2cc(=NC3CC3)n3nc/c(=C/c4[nH]c(=O)[nH]c4O)c3n2)s1. The number of nitrogens with one attached hydrogen (secondary N) is 3. The molecule has 1 fully saturated rings. The summed E-state index contributed by atoms with van der Waals surface area (Å²) in [7, 11) is 0. The van der Waals surface area contributed by atoms with Crippen LogP contribution in [-0.4, -0.2) is 54.3 Å². The number of rotatable bonds is 6. The van der Waals surface area contributed by atoms with Gasteiger partial charge in [0, 0.05) is 17.8 Å². The minimum atomic E-state index is -4.35. The first-order valence-electron chi connectivity index (χ1n) is 10.6. The van der Waals surface area contributed by atoms with Crippen LogP contribution in [0, 0.1) is 0 Å². The molecule has 0 unspecified atom stereocenters. The number of hydrogen-bond donors (Lipinski definition) is 4. The second kappa shape index (κ2) is 8.69. The van der Waals surface area contributed by atoms with Crippen LogP contribution in [0.15, 0.2) is 34.2 Å². The normalized spacial score (nSPS) is 15.3. The third-order valence-corrected chi connectivity index (χ3v) is 6.26. The number of fused-ring (bicyclic) bond motifs is 1.